The minimum atomic E-state index is 0.154. The highest BCUT2D eigenvalue weighted by atomic mass is 16.3. The molecule has 0 aromatic carbocycles. The third-order valence-electron chi connectivity index (χ3n) is 4.62. The number of hydrogen-bond donors (Lipinski definition) is 1. The van der Waals surface area contributed by atoms with Crippen molar-refractivity contribution in [2.75, 3.05) is 25.5 Å². The summed E-state index contributed by atoms with van der Waals surface area (Å²) in [5.74, 6) is 2.22. The van der Waals surface area contributed by atoms with Crippen molar-refractivity contribution in [1.29, 1.82) is 0 Å². The van der Waals surface area contributed by atoms with E-state index in [2.05, 4.69) is 34.3 Å². The topological polar surface area (TPSA) is 84.9 Å². The zero-order chi connectivity index (χ0) is 17.9. The van der Waals surface area contributed by atoms with E-state index in [0.29, 0.717) is 11.6 Å². The van der Waals surface area contributed by atoms with E-state index < -0.39 is 0 Å². The highest BCUT2D eigenvalue weighted by Crippen LogP contribution is 2.26. The maximum Gasteiger partial charge on any atom is 0.197 e. The van der Waals surface area contributed by atoms with Crippen molar-refractivity contribution in [1.82, 2.24) is 29.6 Å². The first-order chi connectivity index (χ1) is 12.7. The summed E-state index contributed by atoms with van der Waals surface area (Å²) in [6.45, 7) is 4.83. The minimum absolute atomic E-state index is 0.154. The molecule has 4 rings (SSSR count). The van der Waals surface area contributed by atoms with Crippen molar-refractivity contribution in [3.05, 3.63) is 42.3 Å². The monoisotopic (exact) mass is 353 g/mol. The van der Waals surface area contributed by atoms with E-state index in [-0.39, 0.29) is 6.04 Å². The normalized spacial score (nSPS) is 16.1. The van der Waals surface area contributed by atoms with Crippen LogP contribution in [0.15, 0.2) is 35.5 Å². The number of furan rings is 1. The van der Waals surface area contributed by atoms with Gasteiger partial charge in [0.25, 0.3) is 0 Å². The molecular formula is C18H23N7O. The van der Waals surface area contributed by atoms with E-state index >= 15 is 0 Å². The molecule has 0 unspecified atom stereocenters. The summed E-state index contributed by atoms with van der Waals surface area (Å²) in [4.78, 5) is 15.9. The molecule has 1 aliphatic heterocycles. The van der Waals surface area contributed by atoms with Crippen molar-refractivity contribution >= 4 is 5.82 Å². The molecule has 136 valence electrons. The molecule has 0 saturated carbocycles. The number of nitrogens with one attached hydrogen (secondary N) is 1. The lowest BCUT2D eigenvalue weighted by Crippen LogP contribution is -2.24. The summed E-state index contributed by atoms with van der Waals surface area (Å²) < 4.78 is 7.34. The van der Waals surface area contributed by atoms with Crippen LogP contribution in [-0.4, -0.2) is 55.8 Å². The summed E-state index contributed by atoms with van der Waals surface area (Å²) in [6, 6.07) is 3.91. The van der Waals surface area contributed by atoms with Gasteiger partial charge in [0, 0.05) is 31.1 Å². The molecule has 3 aromatic heterocycles. The predicted octanol–water partition coefficient (Wildman–Crippen LogP) is 1.86. The number of anilines is 1. The number of hydrogen-bond acceptors (Lipinski definition) is 7. The summed E-state index contributed by atoms with van der Waals surface area (Å²) >= 11 is 0. The first-order valence-corrected chi connectivity index (χ1v) is 8.90. The lowest BCUT2D eigenvalue weighted by molar-refractivity contribution is 0.352. The lowest BCUT2D eigenvalue weighted by Gasteiger charge is -2.19. The quantitative estimate of drug-likeness (QED) is 0.749. The van der Waals surface area contributed by atoms with Gasteiger partial charge in [-0.3, -0.25) is 4.68 Å². The molecule has 1 N–H and O–H groups in total. The summed E-state index contributed by atoms with van der Waals surface area (Å²) in [5, 5.41) is 7.73. The van der Waals surface area contributed by atoms with Gasteiger partial charge in [-0.25, -0.2) is 15.0 Å². The molecule has 4 heterocycles. The van der Waals surface area contributed by atoms with Gasteiger partial charge >= 0.3 is 0 Å². The highest BCUT2D eigenvalue weighted by molar-refractivity contribution is 5.56. The third-order valence-corrected chi connectivity index (χ3v) is 4.62. The van der Waals surface area contributed by atoms with Crippen LogP contribution in [0.25, 0.3) is 11.6 Å². The van der Waals surface area contributed by atoms with Gasteiger partial charge in [-0.1, -0.05) is 0 Å². The lowest BCUT2D eigenvalue weighted by atomic mass is 10.1. The minimum Gasteiger partial charge on any atom is -0.461 e. The molecule has 0 bridgehead atoms. The average molecular weight is 353 g/mol. The maximum atomic E-state index is 5.52. The van der Waals surface area contributed by atoms with Crippen LogP contribution in [0.5, 0.6) is 0 Å². The number of rotatable bonds is 5. The van der Waals surface area contributed by atoms with Crippen LogP contribution < -0.4 is 5.32 Å². The molecule has 0 amide bonds. The van der Waals surface area contributed by atoms with Crippen LogP contribution in [0.2, 0.25) is 0 Å². The van der Waals surface area contributed by atoms with E-state index in [1.807, 2.05) is 16.8 Å². The number of nitrogens with zero attached hydrogens (tertiary/aromatic N) is 6. The molecule has 0 spiro atoms. The molecule has 26 heavy (non-hydrogen) atoms. The van der Waals surface area contributed by atoms with Crippen LogP contribution in [-0.2, 0) is 19.4 Å². The van der Waals surface area contributed by atoms with Crippen molar-refractivity contribution in [3.8, 4) is 11.6 Å². The van der Waals surface area contributed by atoms with Crippen LogP contribution >= 0.6 is 0 Å². The fourth-order valence-electron chi connectivity index (χ4n) is 3.23. The van der Waals surface area contributed by atoms with Crippen molar-refractivity contribution < 1.29 is 4.42 Å². The van der Waals surface area contributed by atoms with E-state index in [1.54, 1.807) is 18.9 Å². The summed E-state index contributed by atoms with van der Waals surface area (Å²) in [5.41, 5.74) is 2.31. The Balaban J connectivity index is 1.66. The maximum absolute atomic E-state index is 5.52. The van der Waals surface area contributed by atoms with Crippen molar-refractivity contribution in [2.24, 2.45) is 0 Å². The first-order valence-electron chi connectivity index (χ1n) is 8.90. The number of fused-ring (bicyclic) bond motifs is 1. The Bertz CT molecular complexity index is 845. The Kier molecular flexibility index (Phi) is 4.66. The SMILES string of the molecule is C[C@@H](Cn1cncn1)Nc1nc(-c2ccco2)nc2c1CCN(C)CC2. The molecule has 1 aliphatic rings. The van der Waals surface area contributed by atoms with Gasteiger partial charge in [0.2, 0.25) is 0 Å². The van der Waals surface area contributed by atoms with Gasteiger partial charge in [0.1, 0.15) is 18.5 Å². The van der Waals surface area contributed by atoms with Crippen LogP contribution in [0.1, 0.15) is 18.2 Å². The van der Waals surface area contributed by atoms with Gasteiger partial charge in [-0.2, -0.15) is 5.10 Å². The van der Waals surface area contributed by atoms with E-state index in [9.17, 15) is 0 Å². The van der Waals surface area contributed by atoms with Crippen molar-refractivity contribution in [2.45, 2.75) is 32.4 Å². The first kappa shape index (κ1) is 16.7. The number of likely N-dealkylation sites (N-methyl/N-ethyl adjacent to an activating group) is 1. The Morgan fingerprint density at radius 2 is 2.15 bits per heavy atom. The van der Waals surface area contributed by atoms with E-state index in [0.717, 1.165) is 44.0 Å². The van der Waals surface area contributed by atoms with Crippen LogP contribution in [0.3, 0.4) is 0 Å². The Morgan fingerprint density at radius 1 is 1.27 bits per heavy atom. The molecule has 0 aliphatic carbocycles. The van der Waals surface area contributed by atoms with Gasteiger partial charge < -0.3 is 14.6 Å². The van der Waals surface area contributed by atoms with Gasteiger partial charge in [-0.15, -0.1) is 0 Å². The van der Waals surface area contributed by atoms with E-state index in [4.69, 9.17) is 14.4 Å². The van der Waals surface area contributed by atoms with Gasteiger partial charge in [0.15, 0.2) is 11.6 Å². The summed E-state index contributed by atoms with van der Waals surface area (Å²) in [7, 11) is 2.15. The second kappa shape index (κ2) is 7.25. The predicted molar refractivity (Wildman–Crippen MR) is 97.7 cm³/mol. The molecule has 8 nitrogen and oxygen atoms in total. The third kappa shape index (κ3) is 3.60. The van der Waals surface area contributed by atoms with Crippen molar-refractivity contribution in [3.63, 3.8) is 0 Å². The number of aromatic nitrogens is 5. The molecule has 1 atom stereocenters. The molecular weight excluding hydrogens is 330 g/mol. The fourth-order valence-corrected chi connectivity index (χ4v) is 3.23. The zero-order valence-corrected chi connectivity index (χ0v) is 15.1. The Morgan fingerprint density at radius 3 is 2.92 bits per heavy atom. The standard InChI is InChI=1S/C18H23N7O/c1-13(10-25-12-19-11-20-25)21-17-14-5-7-24(2)8-6-15(14)22-18(23-17)16-4-3-9-26-16/h3-4,9,11-13H,5-8,10H2,1-2H3,(H,21,22,23)/t13-/m0/s1. The zero-order valence-electron chi connectivity index (χ0n) is 15.1. The van der Waals surface area contributed by atoms with Gasteiger partial charge in [-0.05, 0) is 32.5 Å². The second-order valence-electron chi connectivity index (χ2n) is 6.76. The Labute approximate surface area is 152 Å². The molecule has 0 radical (unpaired) electrons. The highest BCUT2D eigenvalue weighted by Gasteiger charge is 2.21. The fraction of sp³-hybridized carbons (Fsp3) is 0.444. The largest absolute Gasteiger partial charge is 0.461 e. The summed E-state index contributed by atoms with van der Waals surface area (Å²) in [6.07, 6.45) is 6.77. The second-order valence-corrected chi connectivity index (χ2v) is 6.76. The molecule has 3 aromatic rings. The average Bonchev–Trinajstić information content (AvgIpc) is 3.29. The smallest absolute Gasteiger partial charge is 0.197 e. The van der Waals surface area contributed by atoms with Gasteiger partial charge in [0.05, 0.1) is 18.5 Å². The molecule has 0 fully saturated rings. The Hall–Kier alpha value is -2.74. The van der Waals surface area contributed by atoms with Crippen LogP contribution in [0.4, 0.5) is 5.82 Å². The molecule has 8 heteroatoms. The molecule has 0 saturated heterocycles. The van der Waals surface area contributed by atoms with E-state index in [1.165, 1.54) is 5.56 Å². The van der Waals surface area contributed by atoms with Crippen LogP contribution in [0, 0.1) is 0 Å².